The first-order valence-electron chi connectivity index (χ1n) is 6.58. The molecule has 2 N–H and O–H groups in total. The fraction of sp³-hybridized carbons (Fsp3) is 0.0667. The van der Waals surface area contributed by atoms with E-state index in [0.717, 1.165) is 19.5 Å². The number of carbonyl (C=O) groups excluding carboxylic acids is 1. The van der Waals surface area contributed by atoms with E-state index in [9.17, 15) is 4.79 Å². The molecule has 0 aliphatic carbocycles. The van der Waals surface area contributed by atoms with E-state index in [1.807, 2.05) is 36.4 Å². The van der Waals surface area contributed by atoms with E-state index in [0.29, 0.717) is 10.7 Å². The third-order valence-corrected chi connectivity index (χ3v) is 5.50. The Hall–Kier alpha value is -1.96. The first kappa shape index (κ1) is 15.9. The molecule has 2 aromatic carbocycles. The van der Waals surface area contributed by atoms with E-state index in [-0.39, 0.29) is 0 Å². The molecule has 118 valence electrons. The second-order valence-corrected chi connectivity index (χ2v) is 7.16. The number of anilines is 1. The highest BCUT2D eigenvalue weighted by atomic mass is 35.5. The fourth-order valence-electron chi connectivity index (χ4n) is 1.82. The molecule has 0 aliphatic rings. The Labute approximate surface area is 146 Å². The van der Waals surface area contributed by atoms with Crippen molar-refractivity contribution in [2.45, 2.75) is 9.24 Å². The van der Waals surface area contributed by atoms with Gasteiger partial charge in [0.2, 0.25) is 0 Å². The summed E-state index contributed by atoms with van der Waals surface area (Å²) in [6, 6.07) is 13.4. The molecule has 0 bridgehead atoms. The van der Waals surface area contributed by atoms with Crippen molar-refractivity contribution in [2.24, 2.45) is 0 Å². The van der Waals surface area contributed by atoms with Gasteiger partial charge in [-0.1, -0.05) is 35.5 Å². The van der Waals surface area contributed by atoms with Crippen molar-refractivity contribution in [3.63, 3.8) is 0 Å². The van der Waals surface area contributed by atoms with Gasteiger partial charge in [0.25, 0.3) is 0 Å². The van der Waals surface area contributed by atoms with Crippen LogP contribution >= 0.6 is 34.7 Å². The number of hydrogen-bond donors (Lipinski definition) is 2. The number of nitrogens with zero attached hydrogens (tertiary/aromatic N) is 1. The molecule has 3 rings (SSSR count). The lowest BCUT2D eigenvalue weighted by molar-refractivity contribution is 0.173. The number of carbonyl (C=O) groups is 1. The summed E-state index contributed by atoms with van der Waals surface area (Å²) in [5, 5.41) is 0.575. The van der Waals surface area contributed by atoms with Gasteiger partial charge >= 0.3 is 6.09 Å². The molecule has 0 saturated carbocycles. The first-order chi connectivity index (χ1) is 11.2. The normalized spacial score (nSPS) is 10.5. The topological polar surface area (TPSA) is 63.2 Å². The van der Waals surface area contributed by atoms with Crippen LogP contribution in [0.15, 0.2) is 51.7 Å². The van der Waals surface area contributed by atoms with E-state index in [1.165, 1.54) is 18.9 Å². The van der Waals surface area contributed by atoms with Gasteiger partial charge in [-0.25, -0.2) is 15.2 Å². The maximum absolute atomic E-state index is 11.0. The number of rotatable bonds is 4. The molecule has 0 aliphatic heterocycles. The van der Waals surface area contributed by atoms with Crippen LogP contribution in [-0.2, 0) is 4.74 Å². The highest BCUT2D eigenvalue weighted by molar-refractivity contribution is 8.01. The molecule has 8 heteroatoms. The molecule has 5 nitrogen and oxygen atoms in total. The van der Waals surface area contributed by atoms with Crippen molar-refractivity contribution in [1.29, 1.82) is 0 Å². The molecule has 0 unspecified atom stereocenters. The number of hydrazine groups is 1. The number of fused-ring (bicyclic) bond motifs is 1. The van der Waals surface area contributed by atoms with E-state index in [1.54, 1.807) is 17.4 Å². The Bertz CT molecular complexity index is 821. The number of benzene rings is 2. The van der Waals surface area contributed by atoms with Crippen LogP contribution in [0.25, 0.3) is 10.2 Å². The maximum Gasteiger partial charge on any atom is 0.425 e. The van der Waals surface area contributed by atoms with Crippen LogP contribution in [0.1, 0.15) is 0 Å². The molecule has 1 amide bonds. The minimum Gasteiger partial charge on any atom is -0.452 e. The summed E-state index contributed by atoms with van der Waals surface area (Å²) in [5.74, 6) is 0. The second-order valence-electron chi connectivity index (χ2n) is 4.44. The van der Waals surface area contributed by atoms with Crippen LogP contribution in [0.5, 0.6) is 0 Å². The molecule has 23 heavy (non-hydrogen) atoms. The van der Waals surface area contributed by atoms with Gasteiger partial charge in [-0.3, -0.25) is 5.43 Å². The zero-order chi connectivity index (χ0) is 16.2. The molecule has 0 atom stereocenters. The maximum atomic E-state index is 11.0. The van der Waals surface area contributed by atoms with Gasteiger partial charge < -0.3 is 4.74 Å². The molecule has 3 aromatic rings. The largest absolute Gasteiger partial charge is 0.452 e. The van der Waals surface area contributed by atoms with Crippen LogP contribution in [0.3, 0.4) is 0 Å². The standard InChI is InChI=1S/C15H12ClN3O2S2/c1-21-14(20)19-18-9-6-7-12(10(16)8-9)22-15-17-11-4-2-3-5-13(11)23-15/h2-8,18H,1H3,(H,19,20). The quantitative estimate of drug-likeness (QED) is 0.651. The molecule has 0 radical (unpaired) electrons. The van der Waals surface area contributed by atoms with Crippen LogP contribution in [-0.4, -0.2) is 18.2 Å². The van der Waals surface area contributed by atoms with Crippen LogP contribution in [0.4, 0.5) is 10.5 Å². The number of nitrogens with one attached hydrogen (secondary N) is 2. The predicted molar refractivity (Wildman–Crippen MR) is 94.4 cm³/mol. The van der Waals surface area contributed by atoms with Gasteiger partial charge in [-0.15, -0.1) is 11.3 Å². The number of amides is 1. The molecule has 1 aromatic heterocycles. The average molecular weight is 366 g/mol. The van der Waals surface area contributed by atoms with Gasteiger partial charge in [0.15, 0.2) is 4.34 Å². The Morgan fingerprint density at radius 3 is 2.87 bits per heavy atom. The average Bonchev–Trinajstić information content (AvgIpc) is 2.97. The third-order valence-electron chi connectivity index (χ3n) is 2.90. The van der Waals surface area contributed by atoms with Crippen molar-refractivity contribution < 1.29 is 9.53 Å². The zero-order valence-electron chi connectivity index (χ0n) is 12.0. The number of thiazole rings is 1. The van der Waals surface area contributed by atoms with E-state index >= 15 is 0 Å². The summed E-state index contributed by atoms with van der Waals surface area (Å²) < 4.78 is 6.55. The van der Waals surface area contributed by atoms with Crippen molar-refractivity contribution >= 4 is 56.7 Å². The third kappa shape index (κ3) is 3.87. The van der Waals surface area contributed by atoms with Gasteiger partial charge in [0.05, 0.1) is 28.0 Å². The highest BCUT2D eigenvalue weighted by Crippen LogP contribution is 2.38. The predicted octanol–water partition coefficient (Wildman–Crippen LogP) is 4.78. The monoisotopic (exact) mass is 365 g/mol. The lowest BCUT2D eigenvalue weighted by Gasteiger charge is -2.09. The molecule has 1 heterocycles. The first-order valence-corrected chi connectivity index (χ1v) is 8.60. The summed E-state index contributed by atoms with van der Waals surface area (Å²) in [4.78, 5) is 16.5. The minimum absolute atomic E-state index is 0.575. The van der Waals surface area contributed by atoms with Gasteiger partial charge in [-0.05, 0) is 30.3 Å². The smallest absolute Gasteiger partial charge is 0.425 e. The summed E-state index contributed by atoms with van der Waals surface area (Å²) in [5.41, 5.74) is 6.74. The summed E-state index contributed by atoms with van der Waals surface area (Å²) in [6.45, 7) is 0. The Kier molecular flexibility index (Phi) is 4.90. The highest BCUT2D eigenvalue weighted by Gasteiger charge is 2.09. The summed E-state index contributed by atoms with van der Waals surface area (Å²) in [6.07, 6.45) is -0.575. The van der Waals surface area contributed by atoms with Crippen LogP contribution in [0, 0.1) is 0 Å². The SMILES string of the molecule is COC(=O)NNc1ccc(Sc2nc3ccccc3s2)c(Cl)c1. The molecular weight excluding hydrogens is 354 g/mol. The van der Waals surface area contributed by atoms with E-state index in [4.69, 9.17) is 11.6 Å². The molecule has 0 saturated heterocycles. The number of halogens is 1. The van der Waals surface area contributed by atoms with Crippen molar-refractivity contribution in [3.8, 4) is 0 Å². The lowest BCUT2D eigenvalue weighted by atomic mass is 10.3. The van der Waals surface area contributed by atoms with Crippen molar-refractivity contribution in [2.75, 3.05) is 12.5 Å². The molecule has 0 spiro atoms. The van der Waals surface area contributed by atoms with Crippen LogP contribution < -0.4 is 10.9 Å². The fourth-order valence-corrected chi connectivity index (χ4v) is 4.15. The van der Waals surface area contributed by atoms with Gasteiger partial charge in [0, 0.05) is 4.90 Å². The molecular formula is C15H12ClN3O2S2. The zero-order valence-corrected chi connectivity index (χ0v) is 14.4. The number of ether oxygens (including phenoxy) is 1. The minimum atomic E-state index is -0.575. The van der Waals surface area contributed by atoms with Crippen molar-refractivity contribution in [3.05, 3.63) is 47.5 Å². The molecule has 0 fully saturated rings. The summed E-state index contributed by atoms with van der Waals surface area (Å²) in [7, 11) is 1.29. The summed E-state index contributed by atoms with van der Waals surface area (Å²) >= 11 is 9.44. The van der Waals surface area contributed by atoms with Gasteiger partial charge in [0.1, 0.15) is 0 Å². The number of methoxy groups -OCH3 is 1. The number of aromatic nitrogens is 1. The van der Waals surface area contributed by atoms with Crippen molar-refractivity contribution in [1.82, 2.24) is 10.4 Å². The second kappa shape index (κ2) is 7.08. The number of hydrogen-bond acceptors (Lipinski definition) is 6. The lowest BCUT2D eigenvalue weighted by Crippen LogP contribution is -2.28. The van der Waals surface area contributed by atoms with E-state index in [2.05, 4.69) is 20.6 Å². The number of para-hydroxylation sites is 1. The van der Waals surface area contributed by atoms with Crippen LogP contribution in [0.2, 0.25) is 5.02 Å². The Morgan fingerprint density at radius 2 is 2.13 bits per heavy atom. The Balaban J connectivity index is 1.74. The Morgan fingerprint density at radius 1 is 1.30 bits per heavy atom. The van der Waals surface area contributed by atoms with E-state index < -0.39 is 6.09 Å². The van der Waals surface area contributed by atoms with Gasteiger partial charge in [-0.2, -0.15) is 0 Å².